The van der Waals surface area contributed by atoms with Crippen LogP contribution >= 0.6 is 0 Å². The fourth-order valence-electron chi connectivity index (χ4n) is 1.94. The molecule has 1 unspecified atom stereocenters. The average molecular weight is 240 g/mol. The molecule has 0 radical (unpaired) electrons. The lowest BCUT2D eigenvalue weighted by atomic mass is 10.1. The minimum atomic E-state index is 0.335. The van der Waals surface area contributed by atoms with E-state index < -0.39 is 0 Å². The highest BCUT2D eigenvalue weighted by Gasteiger charge is 2.06. The summed E-state index contributed by atoms with van der Waals surface area (Å²) in [6.45, 7) is 5.18. The van der Waals surface area contributed by atoms with Crippen molar-refractivity contribution in [2.75, 3.05) is 6.54 Å². The molecule has 4 nitrogen and oxygen atoms in total. The molecule has 2 aromatic rings. The molecule has 1 N–H and O–H groups in total. The lowest BCUT2D eigenvalue weighted by molar-refractivity contribution is 0.598. The molecule has 92 valence electrons. The van der Waals surface area contributed by atoms with Crippen LogP contribution in [0.5, 0.6) is 0 Å². The fraction of sp³-hybridized carbons (Fsp3) is 0.286. The summed E-state index contributed by atoms with van der Waals surface area (Å²) in [5, 5.41) is 12.3. The molecule has 0 aliphatic carbocycles. The van der Waals surface area contributed by atoms with Crippen molar-refractivity contribution in [1.82, 2.24) is 14.9 Å². The highest BCUT2D eigenvalue weighted by atomic mass is 15.1. The maximum absolute atomic E-state index is 8.94. The first kappa shape index (κ1) is 12.3. The van der Waals surface area contributed by atoms with Crippen LogP contribution < -0.4 is 5.32 Å². The number of hydrogen-bond donors (Lipinski definition) is 1. The van der Waals surface area contributed by atoms with E-state index >= 15 is 0 Å². The summed E-state index contributed by atoms with van der Waals surface area (Å²) in [7, 11) is 0. The number of nitriles is 1. The minimum Gasteiger partial charge on any atom is -0.310 e. The Hall–Kier alpha value is -2.12. The molecule has 4 heteroatoms. The summed E-state index contributed by atoms with van der Waals surface area (Å²) in [5.41, 5.74) is 2.19. The van der Waals surface area contributed by atoms with Crippen molar-refractivity contribution in [3.63, 3.8) is 0 Å². The van der Waals surface area contributed by atoms with Crippen LogP contribution in [0.15, 0.2) is 36.7 Å². The Balaban J connectivity index is 2.26. The number of hydrogen-bond acceptors (Lipinski definition) is 3. The molecule has 0 amide bonds. The number of nitrogens with zero attached hydrogens (tertiary/aromatic N) is 3. The molecular formula is C14H16N4. The van der Waals surface area contributed by atoms with E-state index in [1.807, 2.05) is 12.1 Å². The molecule has 0 fully saturated rings. The van der Waals surface area contributed by atoms with Crippen LogP contribution in [0.25, 0.3) is 5.69 Å². The molecule has 1 heterocycles. The van der Waals surface area contributed by atoms with Crippen molar-refractivity contribution in [2.45, 2.75) is 19.9 Å². The average Bonchev–Trinajstić information content (AvgIpc) is 2.87. The van der Waals surface area contributed by atoms with Crippen LogP contribution in [0.1, 0.15) is 31.3 Å². The third kappa shape index (κ3) is 2.41. The summed E-state index contributed by atoms with van der Waals surface area (Å²) in [5.74, 6) is 0.405. The smallest absolute Gasteiger partial charge is 0.217 e. The maximum Gasteiger partial charge on any atom is 0.217 e. The molecule has 1 atom stereocenters. The van der Waals surface area contributed by atoms with Crippen LogP contribution in [0.3, 0.4) is 0 Å². The van der Waals surface area contributed by atoms with Crippen LogP contribution in [0.4, 0.5) is 0 Å². The summed E-state index contributed by atoms with van der Waals surface area (Å²) in [4.78, 5) is 3.99. The topological polar surface area (TPSA) is 53.6 Å². The number of rotatable bonds is 4. The lowest BCUT2D eigenvalue weighted by Crippen LogP contribution is -2.17. The van der Waals surface area contributed by atoms with Gasteiger partial charge in [0.1, 0.15) is 6.07 Å². The van der Waals surface area contributed by atoms with Gasteiger partial charge in [-0.05, 0) is 31.2 Å². The van der Waals surface area contributed by atoms with E-state index in [4.69, 9.17) is 5.26 Å². The monoisotopic (exact) mass is 240 g/mol. The van der Waals surface area contributed by atoms with Gasteiger partial charge in [0.05, 0.1) is 0 Å². The summed E-state index contributed by atoms with van der Waals surface area (Å²) in [6, 6.07) is 10.6. The van der Waals surface area contributed by atoms with E-state index in [-0.39, 0.29) is 0 Å². The first-order chi connectivity index (χ1) is 8.76. The van der Waals surface area contributed by atoms with Gasteiger partial charge in [0.2, 0.25) is 5.82 Å². The molecular weight excluding hydrogens is 224 g/mol. The third-order valence-corrected chi connectivity index (χ3v) is 2.92. The summed E-state index contributed by atoms with van der Waals surface area (Å²) >= 11 is 0. The highest BCUT2D eigenvalue weighted by molar-refractivity contribution is 5.38. The summed E-state index contributed by atoms with van der Waals surface area (Å²) in [6.07, 6.45) is 3.43. The van der Waals surface area contributed by atoms with Crippen molar-refractivity contribution < 1.29 is 0 Å². The number of nitrogens with one attached hydrogen (secondary N) is 1. The molecule has 2 rings (SSSR count). The van der Waals surface area contributed by atoms with Gasteiger partial charge in [-0.1, -0.05) is 19.1 Å². The van der Waals surface area contributed by atoms with Gasteiger partial charge in [0.15, 0.2) is 0 Å². The third-order valence-electron chi connectivity index (χ3n) is 2.92. The summed E-state index contributed by atoms with van der Waals surface area (Å²) < 4.78 is 1.78. The van der Waals surface area contributed by atoms with Gasteiger partial charge in [0.25, 0.3) is 0 Å². The Morgan fingerprint density at radius 2 is 2.11 bits per heavy atom. The molecule has 0 aliphatic rings. The van der Waals surface area contributed by atoms with E-state index in [9.17, 15) is 0 Å². The zero-order valence-electron chi connectivity index (χ0n) is 10.6. The SMILES string of the molecule is CCNC(C)c1ccc(-n2ccnc2C#N)cc1. The van der Waals surface area contributed by atoms with E-state index in [1.54, 1.807) is 17.0 Å². The zero-order valence-corrected chi connectivity index (χ0v) is 10.6. The minimum absolute atomic E-state index is 0.335. The first-order valence-corrected chi connectivity index (χ1v) is 6.03. The number of imidazole rings is 1. The maximum atomic E-state index is 8.94. The predicted molar refractivity (Wildman–Crippen MR) is 70.4 cm³/mol. The van der Waals surface area contributed by atoms with Crippen molar-refractivity contribution in [2.24, 2.45) is 0 Å². The van der Waals surface area contributed by atoms with Gasteiger partial charge in [-0.25, -0.2) is 4.98 Å². The van der Waals surface area contributed by atoms with E-state index in [2.05, 4.69) is 42.4 Å². The lowest BCUT2D eigenvalue weighted by Gasteiger charge is -2.13. The van der Waals surface area contributed by atoms with Gasteiger partial charge in [-0.2, -0.15) is 5.26 Å². The van der Waals surface area contributed by atoms with Crippen LogP contribution in [-0.2, 0) is 0 Å². The molecule has 0 bridgehead atoms. The first-order valence-electron chi connectivity index (χ1n) is 6.03. The van der Waals surface area contributed by atoms with Gasteiger partial charge in [-0.3, -0.25) is 4.57 Å². The van der Waals surface area contributed by atoms with Gasteiger partial charge < -0.3 is 5.32 Å². The molecule has 0 saturated heterocycles. The number of aromatic nitrogens is 2. The standard InChI is InChI=1S/C14H16N4/c1-3-16-11(2)12-4-6-13(7-5-12)18-9-8-17-14(18)10-15/h4-9,11,16H,3H2,1-2H3. The van der Waals surface area contributed by atoms with Gasteiger partial charge in [0, 0.05) is 24.1 Å². The van der Waals surface area contributed by atoms with Crippen molar-refractivity contribution >= 4 is 0 Å². The Labute approximate surface area is 107 Å². The second kappa shape index (κ2) is 5.48. The fourth-order valence-corrected chi connectivity index (χ4v) is 1.94. The largest absolute Gasteiger partial charge is 0.310 e. The van der Waals surface area contributed by atoms with Crippen LogP contribution in [0.2, 0.25) is 0 Å². The Morgan fingerprint density at radius 3 is 2.72 bits per heavy atom. The van der Waals surface area contributed by atoms with Crippen molar-refractivity contribution in [3.05, 3.63) is 48.0 Å². The van der Waals surface area contributed by atoms with E-state index in [1.165, 1.54) is 5.56 Å². The van der Waals surface area contributed by atoms with Crippen LogP contribution in [0, 0.1) is 11.3 Å². The second-order valence-electron chi connectivity index (χ2n) is 4.10. The van der Waals surface area contributed by atoms with Crippen LogP contribution in [-0.4, -0.2) is 16.1 Å². The Kier molecular flexibility index (Phi) is 3.75. The molecule has 0 spiro atoms. The molecule has 1 aromatic carbocycles. The molecule has 0 saturated carbocycles. The van der Waals surface area contributed by atoms with Gasteiger partial charge >= 0.3 is 0 Å². The van der Waals surface area contributed by atoms with Gasteiger partial charge in [-0.15, -0.1) is 0 Å². The van der Waals surface area contributed by atoms with Crippen molar-refractivity contribution in [3.8, 4) is 11.8 Å². The Bertz CT molecular complexity index is 548. The predicted octanol–water partition coefficient (Wildman–Crippen LogP) is 2.41. The normalized spacial score (nSPS) is 12.1. The molecule has 0 aliphatic heterocycles. The zero-order chi connectivity index (χ0) is 13.0. The molecule has 1 aromatic heterocycles. The molecule has 18 heavy (non-hydrogen) atoms. The van der Waals surface area contributed by atoms with E-state index in [0.717, 1.165) is 12.2 Å². The second-order valence-corrected chi connectivity index (χ2v) is 4.10. The highest BCUT2D eigenvalue weighted by Crippen LogP contribution is 2.16. The Morgan fingerprint density at radius 1 is 1.39 bits per heavy atom. The van der Waals surface area contributed by atoms with E-state index in [0.29, 0.717) is 11.9 Å². The van der Waals surface area contributed by atoms with Crippen molar-refractivity contribution in [1.29, 1.82) is 5.26 Å². The number of benzene rings is 1. The quantitative estimate of drug-likeness (QED) is 0.892.